The van der Waals surface area contributed by atoms with E-state index in [1.807, 2.05) is 0 Å². The van der Waals surface area contributed by atoms with Crippen LogP contribution >= 0.6 is 0 Å². The number of fused-ring (bicyclic) bond motifs is 2. The van der Waals surface area contributed by atoms with Gasteiger partial charge >= 0.3 is 0 Å². The molecular weight excluding hydrogens is 192 g/mol. The second-order valence-electron chi connectivity index (χ2n) is 7.62. The summed E-state index contributed by atoms with van der Waals surface area (Å²) >= 11 is 0. The van der Waals surface area contributed by atoms with E-state index in [1.54, 1.807) is 12.8 Å². The Morgan fingerprint density at radius 3 is 2.19 bits per heavy atom. The van der Waals surface area contributed by atoms with Gasteiger partial charge in [-0.1, -0.05) is 46.5 Å². The molecule has 0 amide bonds. The van der Waals surface area contributed by atoms with Crippen molar-refractivity contribution in [2.24, 2.45) is 28.6 Å². The van der Waals surface area contributed by atoms with Crippen molar-refractivity contribution in [2.45, 2.75) is 72.1 Å². The maximum Gasteiger partial charge on any atom is -0.0241 e. The molecule has 0 aromatic rings. The van der Waals surface area contributed by atoms with E-state index < -0.39 is 0 Å². The molecule has 0 spiro atoms. The summed E-state index contributed by atoms with van der Waals surface area (Å²) in [4.78, 5) is 0. The molecule has 0 saturated heterocycles. The smallest absolute Gasteiger partial charge is 0.0241 e. The maximum atomic E-state index is 2.63. The number of hydrogen-bond donors (Lipinski definition) is 0. The third-order valence-electron chi connectivity index (χ3n) is 7.05. The molecule has 4 atom stereocenters. The first-order valence-corrected chi connectivity index (χ1v) is 7.55. The Morgan fingerprint density at radius 2 is 1.69 bits per heavy atom. The summed E-state index contributed by atoms with van der Waals surface area (Å²) in [6, 6.07) is 0. The first kappa shape index (κ1) is 11.1. The van der Waals surface area contributed by atoms with E-state index in [1.165, 1.54) is 38.5 Å². The zero-order valence-electron chi connectivity index (χ0n) is 11.4. The van der Waals surface area contributed by atoms with Crippen molar-refractivity contribution in [2.75, 3.05) is 0 Å². The summed E-state index contributed by atoms with van der Waals surface area (Å²) in [7, 11) is 0. The van der Waals surface area contributed by atoms with Gasteiger partial charge in [0.1, 0.15) is 0 Å². The molecule has 0 nitrogen and oxygen atoms in total. The highest BCUT2D eigenvalue weighted by atomic mass is 14.6. The van der Waals surface area contributed by atoms with Gasteiger partial charge in [0.15, 0.2) is 0 Å². The number of rotatable bonds is 2. The molecule has 0 aromatic heterocycles. The van der Waals surface area contributed by atoms with E-state index in [4.69, 9.17) is 0 Å². The molecule has 3 fully saturated rings. The minimum atomic E-state index is 0.672. The molecule has 3 aliphatic rings. The van der Waals surface area contributed by atoms with Gasteiger partial charge in [0, 0.05) is 0 Å². The third kappa shape index (κ3) is 1.34. The van der Waals surface area contributed by atoms with Crippen LogP contribution in [0.25, 0.3) is 0 Å². The average molecular weight is 220 g/mol. The Hall–Kier alpha value is 0. The third-order valence-corrected chi connectivity index (χ3v) is 7.05. The average Bonchev–Trinajstić information content (AvgIpc) is 2.90. The van der Waals surface area contributed by atoms with E-state index in [0.717, 1.165) is 17.8 Å². The Balaban J connectivity index is 1.82. The van der Waals surface area contributed by atoms with Gasteiger partial charge < -0.3 is 0 Å². The molecular formula is C16H28. The largest absolute Gasteiger partial charge is 0.0617 e. The highest BCUT2D eigenvalue weighted by Crippen LogP contribution is 2.68. The summed E-state index contributed by atoms with van der Waals surface area (Å²) < 4.78 is 0. The van der Waals surface area contributed by atoms with E-state index in [9.17, 15) is 0 Å². The fraction of sp³-hybridized carbons (Fsp3) is 1.00. The minimum Gasteiger partial charge on any atom is -0.0617 e. The molecule has 0 aromatic carbocycles. The molecule has 0 radical (unpaired) electrons. The van der Waals surface area contributed by atoms with Gasteiger partial charge in [0.2, 0.25) is 0 Å². The first-order chi connectivity index (χ1) is 7.55. The van der Waals surface area contributed by atoms with Gasteiger partial charge in [-0.3, -0.25) is 0 Å². The highest BCUT2D eigenvalue weighted by Gasteiger charge is 2.59. The molecule has 3 saturated carbocycles. The summed E-state index contributed by atoms with van der Waals surface area (Å²) in [5, 5.41) is 0. The van der Waals surface area contributed by atoms with Crippen LogP contribution in [0.2, 0.25) is 0 Å². The summed E-state index contributed by atoms with van der Waals surface area (Å²) in [6.07, 6.45) is 12.2. The monoisotopic (exact) mass is 220 g/mol. The molecule has 0 heterocycles. The van der Waals surface area contributed by atoms with Crippen molar-refractivity contribution in [1.29, 1.82) is 0 Å². The molecule has 0 heteroatoms. The zero-order chi connectivity index (χ0) is 11.4. The van der Waals surface area contributed by atoms with Gasteiger partial charge in [-0.15, -0.1) is 0 Å². The SMILES string of the molecule is CC(C1CCCC1)C1(C)CC2CCC1(C)C2. The van der Waals surface area contributed by atoms with E-state index >= 15 is 0 Å². The molecule has 3 aliphatic carbocycles. The van der Waals surface area contributed by atoms with E-state index in [2.05, 4.69) is 20.8 Å². The maximum absolute atomic E-state index is 2.63. The van der Waals surface area contributed by atoms with Gasteiger partial charge in [-0.05, 0) is 54.3 Å². The van der Waals surface area contributed by atoms with Crippen molar-refractivity contribution in [1.82, 2.24) is 0 Å². The zero-order valence-corrected chi connectivity index (χ0v) is 11.4. The molecule has 0 aliphatic heterocycles. The van der Waals surface area contributed by atoms with Crippen molar-refractivity contribution in [3.63, 3.8) is 0 Å². The Labute approximate surface area is 101 Å². The van der Waals surface area contributed by atoms with Gasteiger partial charge in [0.05, 0.1) is 0 Å². The highest BCUT2D eigenvalue weighted by molar-refractivity contribution is 5.08. The molecule has 0 N–H and O–H groups in total. The minimum absolute atomic E-state index is 0.672. The summed E-state index contributed by atoms with van der Waals surface area (Å²) in [5.74, 6) is 3.12. The normalized spacial score (nSPS) is 50.1. The second-order valence-corrected chi connectivity index (χ2v) is 7.62. The van der Waals surface area contributed by atoms with Crippen LogP contribution in [0.15, 0.2) is 0 Å². The van der Waals surface area contributed by atoms with Crippen LogP contribution in [0.3, 0.4) is 0 Å². The second kappa shape index (κ2) is 3.50. The van der Waals surface area contributed by atoms with Crippen molar-refractivity contribution in [3.8, 4) is 0 Å². The van der Waals surface area contributed by atoms with Crippen molar-refractivity contribution >= 4 is 0 Å². The lowest BCUT2D eigenvalue weighted by atomic mass is 9.56. The molecule has 3 rings (SSSR count). The van der Waals surface area contributed by atoms with Crippen LogP contribution in [-0.4, -0.2) is 0 Å². The Morgan fingerprint density at radius 1 is 1.00 bits per heavy atom. The lowest BCUT2D eigenvalue weighted by Crippen LogP contribution is -2.41. The van der Waals surface area contributed by atoms with E-state index in [-0.39, 0.29) is 0 Å². The quantitative estimate of drug-likeness (QED) is 0.612. The van der Waals surface area contributed by atoms with Crippen LogP contribution in [0, 0.1) is 28.6 Å². The van der Waals surface area contributed by atoms with Crippen LogP contribution in [0.4, 0.5) is 0 Å². The summed E-state index contributed by atoms with van der Waals surface area (Å²) in [5.41, 5.74) is 1.37. The lowest BCUT2D eigenvalue weighted by Gasteiger charge is -2.49. The van der Waals surface area contributed by atoms with Crippen LogP contribution in [0.1, 0.15) is 72.1 Å². The fourth-order valence-electron chi connectivity index (χ4n) is 5.62. The standard InChI is InChI=1S/C16H28/c1-12(14-6-4-5-7-14)16(3)11-13-8-9-15(16,2)10-13/h12-14H,4-11H2,1-3H3. The first-order valence-electron chi connectivity index (χ1n) is 7.55. The molecule has 4 unspecified atom stereocenters. The molecule has 2 bridgehead atoms. The topological polar surface area (TPSA) is 0 Å². The van der Waals surface area contributed by atoms with Gasteiger partial charge in [-0.25, -0.2) is 0 Å². The van der Waals surface area contributed by atoms with Gasteiger partial charge in [0.25, 0.3) is 0 Å². The summed E-state index contributed by atoms with van der Waals surface area (Å²) in [6.45, 7) is 7.82. The van der Waals surface area contributed by atoms with Crippen molar-refractivity contribution in [3.05, 3.63) is 0 Å². The van der Waals surface area contributed by atoms with E-state index in [0.29, 0.717) is 10.8 Å². The number of hydrogen-bond acceptors (Lipinski definition) is 0. The lowest BCUT2D eigenvalue weighted by molar-refractivity contribution is 0.00252. The Bertz CT molecular complexity index is 276. The predicted octanol–water partition coefficient (Wildman–Crippen LogP) is 5.03. The molecule has 92 valence electrons. The van der Waals surface area contributed by atoms with Gasteiger partial charge in [-0.2, -0.15) is 0 Å². The Kier molecular flexibility index (Phi) is 2.43. The predicted molar refractivity (Wildman–Crippen MR) is 69.3 cm³/mol. The van der Waals surface area contributed by atoms with Crippen LogP contribution in [-0.2, 0) is 0 Å². The van der Waals surface area contributed by atoms with Crippen LogP contribution in [0.5, 0.6) is 0 Å². The van der Waals surface area contributed by atoms with Crippen molar-refractivity contribution < 1.29 is 0 Å². The molecule has 16 heavy (non-hydrogen) atoms. The van der Waals surface area contributed by atoms with Crippen LogP contribution < -0.4 is 0 Å². The fourth-order valence-corrected chi connectivity index (χ4v) is 5.62.